The lowest BCUT2D eigenvalue weighted by atomic mass is 9.96. The molecule has 0 spiro atoms. The van der Waals surface area contributed by atoms with Crippen molar-refractivity contribution >= 4 is 5.95 Å². The Morgan fingerprint density at radius 2 is 1.71 bits per heavy atom. The predicted octanol–water partition coefficient (Wildman–Crippen LogP) is 1.96. The van der Waals surface area contributed by atoms with Crippen molar-refractivity contribution in [3.63, 3.8) is 0 Å². The summed E-state index contributed by atoms with van der Waals surface area (Å²) in [6, 6.07) is 0. The summed E-state index contributed by atoms with van der Waals surface area (Å²) in [4.78, 5) is 9.44. The zero-order chi connectivity index (χ0) is 12.5. The third-order valence-corrected chi connectivity index (χ3v) is 2.87. The maximum absolute atomic E-state index is 12.4. The van der Waals surface area contributed by atoms with E-state index in [2.05, 4.69) is 9.97 Å². The van der Waals surface area contributed by atoms with Crippen molar-refractivity contribution < 1.29 is 18.3 Å². The molecule has 0 aliphatic carbocycles. The minimum atomic E-state index is -4.11. The van der Waals surface area contributed by atoms with E-state index in [1.165, 1.54) is 12.4 Å². The van der Waals surface area contributed by atoms with E-state index in [-0.39, 0.29) is 31.7 Å². The second-order valence-corrected chi connectivity index (χ2v) is 4.04. The van der Waals surface area contributed by atoms with E-state index in [0.717, 1.165) is 0 Å². The lowest BCUT2D eigenvalue weighted by molar-refractivity contribution is -0.179. The van der Waals surface area contributed by atoms with Gasteiger partial charge in [0.25, 0.3) is 0 Å². The van der Waals surface area contributed by atoms with Crippen LogP contribution in [0.25, 0.3) is 0 Å². The highest BCUT2D eigenvalue weighted by atomic mass is 19.4. The van der Waals surface area contributed by atoms with Gasteiger partial charge in [-0.05, 0) is 12.8 Å². The lowest BCUT2D eigenvalue weighted by Gasteiger charge is -2.32. The quantitative estimate of drug-likeness (QED) is 0.824. The van der Waals surface area contributed by atoms with Crippen molar-refractivity contribution in [2.45, 2.75) is 19.0 Å². The Bertz CT molecular complexity index is 371. The van der Waals surface area contributed by atoms with E-state index in [0.29, 0.717) is 5.95 Å². The van der Waals surface area contributed by atoms with Crippen molar-refractivity contribution in [3.05, 3.63) is 12.4 Å². The van der Waals surface area contributed by atoms with Crippen LogP contribution in [-0.4, -0.2) is 34.3 Å². The molecule has 94 valence electrons. The average molecular weight is 247 g/mol. The number of alkyl halides is 3. The number of rotatable bonds is 1. The molecule has 1 aromatic rings. The van der Waals surface area contributed by atoms with E-state index in [4.69, 9.17) is 5.11 Å². The van der Waals surface area contributed by atoms with Crippen LogP contribution in [-0.2, 0) is 0 Å². The van der Waals surface area contributed by atoms with Crippen LogP contribution in [0.1, 0.15) is 12.8 Å². The fourth-order valence-corrected chi connectivity index (χ4v) is 1.88. The largest absolute Gasteiger partial charge is 0.505 e. The van der Waals surface area contributed by atoms with Crippen molar-refractivity contribution in [3.8, 4) is 5.75 Å². The number of piperidine rings is 1. The maximum Gasteiger partial charge on any atom is 0.391 e. The monoisotopic (exact) mass is 247 g/mol. The summed E-state index contributed by atoms with van der Waals surface area (Å²) in [5.41, 5.74) is 0. The molecule has 0 saturated carbocycles. The number of hydrogen-bond donors (Lipinski definition) is 1. The number of hydrogen-bond acceptors (Lipinski definition) is 4. The van der Waals surface area contributed by atoms with E-state index < -0.39 is 12.1 Å². The second-order valence-electron chi connectivity index (χ2n) is 4.04. The molecule has 0 atom stereocenters. The SMILES string of the molecule is Oc1cnc(N2CCC(C(F)(F)F)CC2)nc1. The maximum atomic E-state index is 12.4. The van der Waals surface area contributed by atoms with Gasteiger partial charge in [0.05, 0.1) is 18.3 Å². The van der Waals surface area contributed by atoms with Crippen LogP contribution >= 0.6 is 0 Å². The van der Waals surface area contributed by atoms with Crippen LogP contribution in [0.4, 0.5) is 19.1 Å². The molecule has 1 aromatic heterocycles. The Morgan fingerprint density at radius 1 is 1.18 bits per heavy atom. The fraction of sp³-hybridized carbons (Fsp3) is 0.600. The summed E-state index contributed by atoms with van der Waals surface area (Å²) in [5, 5.41) is 9.01. The predicted molar refractivity (Wildman–Crippen MR) is 54.7 cm³/mol. The normalized spacial score (nSPS) is 18.4. The third kappa shape index (κ3) is 2.78. The van der Waals surface area contributed by atoms with E-state index in [1.807, 2.05) is 0 Å². The zero-order valence-corrected chi connectivity index (χ0v) is 8.98. The first kappa shape index (κ1) is 11.9. The topological polar surface area (TPSA) is 49.3 Å². The smallest absolute Gasteiger partial charge is 0.391 e. The number of halogens is 3. The number of anilines is 1. The van der Waals surface area contributed by atoms with Gasteiger partial charge in [-0.15, -0.1) is 0 Å². The molecule has 1 saturated heterocycles. The molecule has 1 aliphatic heterocycles. The Labute approximate surface area is 96.1 Å². The molecule has 4 nitrogen and oxygen atoms in total. The van der Waals surface area contributed by atoms with Crippen LogP contribution in [0.5, 0.6) is 5.75 Å². The number of nitrogens with zero attached hydrogens (tertiary/aromatic N) is 3. The van der Waals surface area contributed by atoms with Gasteiger partial charge >= 0.3 is 6.18 Å². The zero-order valence-electron chi connectivity index (χ0n) is 8.98. The molecule has 17 heavy (non-hydrogen) atoms. The van der Waals surface area contributed by atoms with Crippen LogP contribution in [0.2, 0.25) is 0 Å². The summed E-state index contributed by atoms with van der Waals surface area (Å²) < 4.78 is 37.3. The second kappa shape index (κ2) is 4.38. The molecule has 2 rings (SSSR count). The first-order chi connectivity index (χ1) is 7.97. The van der Waals surface area contributed by atoms with Gasteiger partial charge in [-0.1, -0.05) is 0 Å². The van der Waals surface area contributed by atoms with Gasteiger partial charge in [0.1, 0.15) is 0 Å². The number of aromatic nitrogens is 2. The minimum Gasteiger partial charge on any atom is -0.505 e. The van der Waals surface area contributed by atoms with Crippen LogP contribution in [0, 0.1) is 5.92 Å². The molecule has 7 heteroatoms. The lowest BCUT2D eigenvalue weighted by Crippen LogP contribution is -2.39. The Morgan fingerprint density at radius 3 is 2.18 bits per heavy atom. The highest BCUT2D eigenvalue weighted by Crippen LogP contribution is 2.34. The van der Waals surface area contributed by atoms with Gasteiger partial charge in [0.2, 0.25) is 5.95 Å². The average Bonchev–Trinajstić information content (AvgIpc) is 2.29. The van der Waals surface area contributed by atoms with Gasteiger partial charge in [-0.2, -0.15) is 13.2 Å². The molecule has 0 radical (unpaired) electrons. The molecule has 1 N–H and O–H groups in total. The number of aromatic hydroxyl groups is 1. The molecule has 0 unspecified atom stereocenters. The Hall–Kier alpha value is -1.53. The molecule has 1 aliphatic rings. The molecule has 0 amide bonds. The molecular weight excluding hydrogens is 235 g/mol. The summed E-state index contributed by atoms with van der Waals surface area (Å²) in [5.74, 6) is -0.918. The Balaban J connectivity index is 1.97. The summed E-state index contributed by atoms with van der Waals surface area (Å²) in [7, 11) is 0. The van der Waals surface area contributed by atoms with E-state index in [9.17, 15) is 13.2 Å². The van der Waals surface area contributed by atoms with Crippen molar-refractivity contribution in [2.24, 2.45) is 5.92 Å². The van der Waals surface area contributed by atoms with Crippen molar-refractivity contribution in [1.82, 2.24) is 9.97 Å². The van der Waals surface area contributed by atoms with Gasteiger partial charge in [-0.3, -0.25) is 0 Å². The van der Waals surface area contributed by atoms with Crippen LogP contribution in [0.3, 0.4) is 0 Å². The fourth-order valence-electron chi connectivity index (χ4n) is 1.88. The van der Waals surface area contributed by atoms with E-state index in [1.54, 1.807) is 4.90 Å². The molecule has 2 heterocycles. The molecule has 1 fully saturated rings. The standard InChI is InChI=1S/C10H12F3N3O/c11-10(12,13)7-1-3-16(4-2-7)9-14-5-8(17)6-15-9/h5-7,17H,1-4H2. The molecule has 0 bridgehead atoms. The van der Waals surface area contributed by atoms with Crippen molar-refractivity contribution in [2.75, 3.05) is 18.0 Å². The molecule has 0 aromatic carbocycles. The van der Waals surface area contributed by atoms with Gasteiger partial charge in [-0.25, -0.2) is 9.97 Å². The van der Waals surface area contributed by atoms with E-state index >= 15 is 0 Å². The van der Waals surface area contributed by atoms with Crippen molar-refractivity contribution in [1.29, 1.82) is 0 Å². The summed E-state index contributed by atoms with van der Waals surface area (Å²) in [6.07, 6.45) is -1.51. The van der Waals surface area contributed by atoms with Crippen LogP contribution < -0.4 is 4.90 Å². The highest BCUT2D eigenvalue weighted by Gasteiger charge is 2.41. The van der Waals surface area contributed by atoms with Gasteiger partial charge in [0, 0.05) is 13.1 Å². The minimum absolute atomic E-state index is 0.0565. The highest BCUT2D eigenvalue weighted by molar-refractivity contribution is 5.31. The summed E-state index contributed by atoms with van der Waals surface area (Å²) in [6.45, 7) is 0.573. The molecular formula is C10H12F3N3O. The summed E-state index contributed by atoms with van der Waals surface area (Å²) >= 11 is 0. The first-order valence-corrected chi connectivity index (χ1v) is 5.29. The third-order valence-electron chi connectivity index (χ3n) is 2.87. The van der Waals surface area contributed by atoms with Crippen LogP contribution in [0.15, 0.2) is 12.4 Å². The van der Waals surface area contributed by atoms with Gasteiger partial charge < -0.3 is 10.0 Å². The Kier molecular flexibility index (Phi) is 3.08. The van der Waals surface area contributed by atoms with Gasteiger partial charge in [0.15, 0.2) is 5.75 Å². The first-order valence-electron chi connectivity index (χ1n) is 5.29.